The van der Waals surface area contributed by atoms with E-state index in [1.54, 1.807) is 0 Å². The molecule has 0 radical (unpaired) electrons. The first-order valence-corrected chi connectivity index (χ1v) is 8.24. The summed E-state index contributed by atoms with van der Waals surface area (Å²) in [5.41, 5.74) is 1.91. The minimum Gasteiger partial charge on any atom is -0.504 e. The lowest BCUT2D eigenvalue weighted by Crippen LogP contribution is -2.29. The van der Waals surface area contributed by atoms with E-state index < -0.39 is 18.4 Å². The lowest BCUT2D eigenvalue weighted by molar-refractivity contribution is -0.135. The molecule has 0 bridgehead atoms. The van der Waals surface area contributed by atoms with Gasteiger partial charge in [0.05, 0.1) is 5.52 Å². The number of carbonyl (C=O) groups excluding carboxylic acids is 1. The number of aromatic nitrogens is 2. The number of pyridine rings is 1. The lowest BCUT2D eigenvalue weighted by atomic mass is 10.2. The highest BCUT2D eigenvalue weighted by Crippen LogP contribution is 2.37. The Kier molecular flexibility index (Phi) is 3.97. The third-order valence-corrected chi connectivity index (χ3v) is 4.31. The molecule has 2 aromatic heterocycles. The number of hydrogen-bond donors (Lipinski definition) is 3. The van der Waals surface area contributed by atoms with Crippen LogP contribution in [0.4, 0.5) is 0 Å². The van der Waals surface area contributed by atoms with Crippen LogP contribution < -0.4 is 5.32 Å². The van der Waals surface area contributed by atoms with Crippen LogP contribution in [0.5, 0.6) is 5.75 Å². The van der Waals surface area contributed by atoms with Crippen LogP contribution >= 0.6 is 0 Å². The number of carbonyl (C=O) groups is 2. The zero-order valence-electron chi connectivity index (χ0n) is 14.1. The second-order valence-electron chi connectivity index (χ2n) is 5.98. The summed E-state index contributed by atoms with van der Waals surface area (Å²) in [7, 11) is 0. The second-order valence-corrected chi connectivity index (χ2v) is 5.98. The fraction of sp³-hybridized carbons (Fsp3) is 0.0500. The molecule has 0 unspecified atom stereocenters. The fourth-order valence-corrected chi connectivity index (χ4v) is 3.18. The average molecular weight is 361 g/mol. The van der Waals surface area contributed by atoms with Gasteiger partial charge in [-0.05, 0) is 18.2 Å². The third kappa shape index (κ3) is 2.75. The number of para-hydroxylation sites is 2. The Hall–Kier alpha value is -3.87. The Morgan fingerprint density at radius 2 is 1.70 bits per heavy atom. The highest BCUT2D eigenvalue weighted by atomic mass is 16.4. The van der Waals surface area contributed by atoms with Crippen molar-refractivity contribution < 1.29 is 19.8 Å². The predicted molar refractivity (Wildman–Crippen MR) is 100 cm³/mol. The molecule has 2 heterocycles. The molecule has 7 nitrogen and oxygen atoms in total. The third-order valence-electron chi connectivity index (χ3n) is 4.31. The van der Waals surface area contributed by atoms with Crippen molar-refractivity contribution in [2.45, 2.75) is 0 Å². The molecule has 0 aliphatic carbocycles. The van der Waals surface area contributed by atoms with Crippen molar-refractivity contribution in [2.24, 2.45) is 0 Å². The van der Waals surface area contributed by atoms with Crippen LogP contribution in [-0.4, -0.2) is 38.2 Å². The average Bonchev–Trinajstić information content (AvgIpc) is 3.02. The highest BCUT2D eigenvalue weighted by molar-refractivity contribution is 6.13. The van der Waals surface area contributed by atoms with Gasteiger partial charge in [0, 0.05) is 22.7 Å². The van der Waals surface area contributed by atoms with Crippen LogP contribution in [0.3, 0.4) is 0 Å². The van der Waals surface area contributed by atoms with Crippen molar-refractivity contribution in [3.8, 4) is 11.4 Å². The maximum atomic E-state index is 12.3. The molecule has 0 saturated heterocycles. The summed E-state index contributed by atoms with van der Waals surface area (Å²) in [5, 5.41) is 23.4. The number of hydrogen-bond acceptors (Lipinski definition) is 4. The van der Waals surface area contributed by atoms with E-state index in [4.69, 9.17) is 5.11 Å². The Bertz CT molecular complexity index is 1180. The number of aliphatic carboxylic acids is 1. The summed E-state index contributed by atoms with van der Waals surface area (Å²) in [6.45, 7) is -0.556. The molecule has 4 aromatic rings. The number of nitrogens with one attached hydrogen (secondary N) is 1. The van der Waals surface area contributed by atoms with Crippen LogP contribution in [0.25, 0.3) is 27.5 Å². The van der Waals surface area contributed by atoms with Gasteiger partial charge >= 0.3 is 5.97 Å². The molecule has 4 rings (SSSR count). The molecule has 7 heteroatoms. The second kappa shape index (κ2) is 6.45. The Morgan fingerprint density at radius 3 is 2.44 bits per heavy atom. The number of fused-ring (bicyclic) bond motifs is 3. The number of amides is 1. The molecular weight excluding hydrogens is 346 g/mol. The van der Waals surface area contributed by atoms with Gasteiger partial charge in [-0.1, -0.05) is 36.4 Å². The minimum atomic E-state index is -1.18. The van der Waals surface area contributed by atoms with Crippen LogP contribution in [0, 0.1) is 0 Å². The first-order valence-electron chi connectivity index (χ1n) is 8.24. The van der Waals surface area contributed by atoms with Crippen LogP contribution in [-0.2, 0) is 4.79 Å². The Morgan fingerprint density at radius 1 is 1.00 bits per heavy atom. The molecule has 0 spiro atoms. The van der Waals surface area contributed by atoms with Gasteiger partial charge in [-0.25, -0.2) is 4.98 Å². The van der Waals surface area contributed by atoms with Crippen molar-refractivity contribution in [1.29, 1.82) is 0 Å². The molecule has 0 atom stereocenters. The molecule has 3 N–H and O–H groups in total. The van der Waals surface area contributed by atoms with Gasteiger partial charge in [0.2, 0.25) is 0 Å². The van der Waals surface area contributed by atoms with Gasteiger partial charge in [-0.2, -0.15) is 0 Å². The summed E-state index contributed by atoms with van der Waals surface area (Å²) in [6, 6.07) is 17.1. The molecule has 27 heavy (non-hydrogen) atoms. The molecule has 0 fully saturated rings. The molecule has 1 amide bonds. The fourth-order valence-electron chi connectivity index (χ4n) is 3.18. The zero-order chi connectivity index (χ0) is 19.0. The molecule has 134 valence electrons. The summed E-state index contributed by atoms with van der Waals surface area (Å²) >= 11 is 0. The number of carboxylic acids is 1. The monoisotopic (exact) mass is 361 g/mol. The van der Waals surface area contributed by atoms with Gasteiger partial charge in [0.15, 0.2) is 11.4 Å². The smallest absolute Gasteiger partial charge is 0.322 e. The molecule has 2 aromatic carbocycles. The van der Waals surface area contributed by atoms with E-state index in [9.17, 15) is 14.7 Å². The number of benzene rings is 2. The largest absolute Gasteiger partial charge is 0.504 e. The lowest BCUT2D eigenvalue weighted by Gasteiger charge is -2.10. The first-order chi connectivity index (χ1) is 13.1. The topological polar surface area (TPSA) is 104 Å². The van der Waals surface area contributed by atoms with E-state index in [1.165, 1.54) is 6.20 Å². The molecule has 0 aliphatic heterocycles. The number of nitrogens with zero attached hydrogens (tertiary/aromatic N) is 2. The van der Waals surface area contributed by atoms with Crippen molar-refractivity contribution >= 4 is 33.7 Å². The quantitative estimate of drug-likeness (QED) is 0.518. The molecule has 0 saturated carbocycles. The zero-order valence-corrected chi connectivity index (χ0v) is 14.1. The summed E-state index contributed by atoms with van der Waals surface area (Å²) in [5.74, 6) is -2.22. The maximum Gasteiger partial charge on any atom is 0.322 e. The Balaban J connectivity index is 2.00. The number of carboxylic acid groups (broad SMARTS) is 1. The van der Waals surface area contributed by atoms with Gasteiger partial charge in [-0.15, -0.1) is 0 Å². The SMILES string of the molecule is O=C(O)CNC(=O)c1ncc2c3ccccc3n(-c3ccccc3)c2c1O. The maximum absolute atomic E-state index is 12.3. The van der Waals surface area contributed by atoms with E-state index in [-0.39, 0.29) is 11.4 Å². The van der Waals surface area contributed by atoms with Gasteiger partial charge in [0.25, 0.3) is 5.91 Å². The van der Waals surface area contributed by atoms with Crippen molar-refractivity contribution in [3.05, 3.63) is 66.5 Å². The molecule has 0 aliphatic rings. The van der Waals surface area contributed by atoms with Gasteiger partial charge in [0.1, 0.15) is 12.1 Å². The summed E-state index contributed by atoms with van der Waals surface area (Å²) in [4.78, 5) is 27.0. The van der Waals surface area contributed by atoms with E-state index in [2.05, 4.69) is 10.3 Å². The Labute approximate surface area is 153 Å². The number of aromatic hydroxyl groups is 1. The van der Waals surface area contributed by atoms with Crippen molar-refractivity contribution in [3.63, 3.8) is 0 Å². The van der Waals surface area contributed by atoms with Crippen molar-refractivity contribution in [2.75, 3.05) is 6.54 Å². The summed E-state index contributed by atoms with van der Waals surface area (Å²) in [6.07, 6.45) is 1.52. The molecular formula is C20H15N3O4. The van der Waals surface area contributed by atoms with Crippen LogP contribution in [0.2, 0.25) is 0 Å². The van der Waals surface area contributed by atoms with Crippen molar-refractivity contribution in [1.82, 2.24) is 14.9 Å². The number of rotatable bonds is 4. The van der Waals surface area contributed by atoms with Gasteiger partial charge in [-0.3, -0.25) is 9.59 Å². The standard InChI is InChI=1S/C20H15N3O4/c24-16(25)11-22-20(27)17-19(26)18-14(10-21-17)13-8-4-5-9-15(13)23(18)12-6-2-1-3-7-12/h1-10,26H,11H2,(H,22,27)(H,24,25). The first kappa shape index (κ1) is 16.6. The van der Waals surface area contributed by atoms with E-state index in [0.717, 1.165) is 16.6 Å². The van der Waals surface area contributed by atoms with Gasteiger partial charge < -0.3 is 20.1 Å². The minimum absolute atomic E-state index is 0.219. The van der Waals surface area contributed by atoms with E-state index >= 15 is 0 Å². The van der Waals surface area contributed by atoms with E-state index in [1.807, 2.05) is 59.2 Å². The normalized spacial score (nSPS) is 11.0. The predicted octanol–water partition coefficient (Wildman–Crippen LogP) is 2.70. The van der Waals surface area contributed by atoms with E-state index in [0.29, 0.717) is 10.9 Å². The summed E-state index contributed by atoms with van der Waals surface area (Å²) < 4.78 is 1.86. The highest BCUT2D eigenvalue weighted by Gasteiger charge is 2.22. The van der Waals surface area contributed by atoms with Crippen LogP contribution in [0.1, 0.15) is 10.5 Å². The van der Waals surface area contributed by atoms with Crippen LogP contribution in [0.15, 0.2) is 60.8 Å².